The minimum Gasteiger partial charge on any atom is -0.373 e. The van der Waals surface area contributed by atoms with E-state index in [1.54, 1.807) is 0 Å². The average molecular weight is 364 g/mol. The van der Waals surface area contributed by atoms with Crippen LogP contribution in [-0.2, 0) is 4.74 Å². The minimum absolute atomic E-state index is 0.196. The first-order chi connectivity index (χ1) is 13.2. The van der Waals surface area contributed by atoms with Crippen molar-refractivity contribution in [1.29, 1.82) is 0 Å². The van der Waals surface area contributed by atoms with Crippen molar-refractivity contribution in [3.8, 4) is 11.1 Å². The van der Waals surface area contributed by atoms with Gasteiger partial charge in [0.05, 0.1) is 18.8 Å². The Bertz CT molecular complexity index is 894. The van der Waals surface area contributed by atoms with E-state index in [0.717, 1.165) is 37.5 Å². The zero-order valence-corrected chi connectivity index (χ0v) is 16.4. The SMILES string of the molecule is CCC(C1CNCCO1)n1cc(-c2ccc(N(C)C)nc2)c2ccccc21. The number of nitrogens with zero attached hydrogens (tertiary/aromatic N) is 3. The summed E-state index contributed by atoms with van der Waals surface area (Å²) in [6, 6.07) is 13.2. The number of morpholine rings is 1. The van der Waals surface area contributed by atoms with Crippen LogP contribution < -0.4 is 10.2 Å². The molecule has 1 saturated heterocycles. The topological polar surface area (TPSA) is 42.3 Å². The standard InChI is InChI=1S/C22H28N4O/c1-4-19(21-14-23-11-12-27-21)26-15-18(17-7-5-6-8-20(17)26)16-9-10-22(24-13-16)25(2)3/h5-10,13,15,19,21,23H,4,11-12,14H2,1-3H3. The van der Waals surface area contributed by atoms with E-state index in [4.69, 9.17) is 4.74 Å². The number of para-hydroxylation sites is 1. The highest BCUT2D eigenvalue weighted by molar-refractivity contribution is 5.96. The Kier molecular flexibility index (Phi) is 5.14. The summed E-state index contributed by atoms with van der Waals surface area (Å²) in [6.07, 6.45) is 5.48. The van der Waals surface area contributed by atoms with Crippen LogP contribution in [0.4, 0.5) is 5.82 Å². The van der Waals surface area contributed by atoms with Gasteiger partial charge in [-0.25, -0.2) is 4.98 Å². The van der Waals surface area contributed by atoms with Crippen LogP contribution >= 0.6 is 0 Å². The molecule has 1 aromatic carbocycles. The normalized spacial score (nSPS) is 18.6. The molecular formula is C22H28N4O. The smallest absolute Gasteiger partial charge is 0.127 e. The third-order valence-electron chi connectivity index (χ3n) is 5.42. The van der Waals surface area contributed by atoms with E-state index >= 15 is 0 Å². The number of ether oxygens (including phenoxy) is 1. The van der Waals surface area contributed by atoms with Crippen molar-refractivity contribution in [3.63, 3.8) is 0 Å². The highest BCUT2D eigenvalue weighted by Gasteiger charge is 2.26. The third kappa shape index (κ3) is 3.45. The van der Waals surface area contributed by atoms with Gasteiger partial charge in [0, 0.05) is 61.6 Å². The maximum Gasteiger partial charge on any atom is 0.127 e. The van der Waals surface area contributed by atoms with E-state index in [9.17, 15) is 0 Å². The van der Waals surface area contributed by atoms with Crippen LogP contribution in [0.1, 0.15) is 19.4 Å². The van der Waals surface area contributed by atoms with Gasteiger partial charge in [-0.15, -0.1) is 0 Å². The van der Waals surface area contributed by atoms with Crippen LogP contribution in [0, 0.1) is 0 Å². The summed E-state index contributed by atoms with van der Waals surface area (Å²) in [5.74, 6) is 0.968. The molecule has 2 aromatic heterocycles. The van der Waals surface area contributed by atoms with E-state index in [1.165, 1.54) is 16.5 Å². The van der Waals surface area contributed by atoms with Gasteiger partial charge < -0.3 is 19.5 Å². The van der Waals surface area contributed by atoms with Crippen molar-refractivity contribution < 1.29 is 4.74 Å². The molecule has 3 aromatic rings. The molecule has 3 heterocycles. The van der Waals surface area contributed by atoms with Crippen molar-refractivity contribution in [2.24, 2.45) is 0 Å². The molecule has 1 aliphatic heterocycles. The summed E-state index contributed by atoms with van der Waals surface area (Å²) in [6.45, 7) is 4.86. The van der Waals surface area contributed by atoms with E-state index in [0.29, 0.717) is 6.04 Å². The van der Waals surface area contributed by atoms with E-state index in [-0.39, 0.29) is 6.10 Å². The summed E-state index contributed by atoms with van der Waals surface area (Å²) >= 11 is 0. The first-order valence-corrected chi connectivity index (χ1v) is 9.74. The van der Waals surface area contributed by atoms with Crippen LogP contribution in [-0.4, -0.2) is 49.4 Å². The first kappa shape index (κ1) is 18.0. The summed E-state index contributed by atoms with van der Waals surface area (Å²) in [5, 5.41) is 4.73. The van der Waals surface area contributed by atoms with Crippen molar-refractivity contribution in [1.82, 2.24) is 14.9 Å². The van der Waals surface area contributed by atoms with E-state index < -0.39 is 0 Å². The molecule has 0 bridgehead atoms. The van der Waals surface area contributed by atoms with E-state index in [1.807, 2.05) is 25.2 Å². The summed E-state index contributed by atoms with van der Waals surface area (Å²) in [5.41, 5.74) is 3.63. The van der Waals surface area contributed by atoms with Gasteiger partial charge in [-0.2, -0.15) is 0 Å². The van der Waals surface area contributed by atoms with Gasteiger partial charge in [-0.05, 0) is 24.6 Å². The number of aromatic nitrogens is 2. The van der Waals surface area contributed by atoms with Crippen molar-refractivity contribution in [2.75, 3.05) is 38.7 Å². The Hall–Kier alpha value is -2.37. The zero-order chi connectivity index (χ0) is 18.8. The molecule has 2 unspecified atom stereocenters. The second kappa shape index (κ2) is 7.71. The molecule has 0 aliphatic carbocycles. The van der Waals surface area contributed by atoms with Gasteiger partial charge in [0.15, 0.2) is 0 Å². The Morgan fingerprint density at radius 3 is 2.78 bits per heavy atom. The number of nitrogens with one attached hydrogen (secondary N) is 1. The number of fused-ring (bicyclic) bond motifs is 1. The van der Waals surface area contributed by atoms with E-state index in [2.05, 4.69) is 64.4 Å². The molecule has 1 aliphatic rings. The maximum atomic E-state index is 6.09. The predicted octanol–water partition coefficient (Wildman–Crippen LogP) is 3.71. The van der Waals surface area contributed by atoms with Gasteiger partial charge >= 0.3 is 0 Å². The van der Waals surface area contributed by atoms with Crippen LogP contribution in [0.25, 0.3) is 22.0 Å². The molecule has 0 radical (unpaired) electrons. The molecule has 1 N–H and O–H groups in total. The highest BCUT2D eigenvalue weighted by atomic mass is 16.5. The molecule has 0 spiro atoms. The van der Waals surface area contributed by atoms with Gasteiger partial charge in [0.2, 0.25) is 0 Å². The Balaban J connectivity index is 1.78. The van der Waals surface area contributed by atoms with Crippen molar-refractivity contribution in [2.45, 2.75) is 25.5 Å². The monoisotopic (exact) mass is 364 g/mol. The summed E-state index contributed by atoms with van der Waals surface area (Å²) in [4.78, 5) is 6.63. The van der Waals surface area contributed by atoms with Gasteiger partial charge in [-0.1, -0.05) is 25.1 Å². The molecule has 4 rings (SSSR count). The molecule has 5 heteroatoms. The van der Waals surface area contributed by atoms with Crippen LogP contribution in [0.2, 0.25) is 0 Å². The second-order valence-corrected chi connectivity index (χ2v) is 7.36. The zero-order valence-electron chi connectivity index (χ0n) is 16.4. The molecule has 0 saturated carbocycles. The number of hydrogen-bond donors (Lipinski definition) is 1. The lowest BCUT2D eigenvalue weighted by Crippen LogP contribution is -2.43. The minimum atomic E-state index is 0.196. The second-order valence-electron chi connectivity index (χ2n) is 7.36. The lowest BCUT2D eigenvalue weighted by molar-refractivity contribution is -0.00491. The molecular weight excluding hydrogens is 336 g/mol. The van der Waals surface area contributed by atoms with Gasteiger partial charge in [0.1, 0.15) is 5.82 Å². The molecule has 2 atom stereocenters. The fourth-order valence-corrected chi connectivity index (χ4v) is 3.99. The Labute approximate surface area is 161 Å². The fourth-order valence-electron chi connectivity index (χ4n) is 3.99. The first-order valence-electron chi connectivity index (χ1n) is 9.74. The predicted molar refractivity (Wildman–Crippen MR) is 111 cm³/mol. The Morgan fingerprint density at radius 2 is 2.11 bits per heavy atom. The number of pyridine rings is 1. The number of rotatable bonds is 5. The van der Waals surface area contributed by atoms with Gasteiger partial charge in [-0.3, -0.25) is 0 Å². The van der Waals surface area contributed by atoms with Crippen molar-refractivity contribution >= 4 is 16.7 Å². The van der Waals surface area contributed by atoms with Crippen LogP contribution in [0.5, 0.6) is 0 Å². The Morgan fingerprint density at radius 1 is 1.26 bits per heavy atom. The molecule has 0 amide bonds. The number of anilines is 1. The van der Waals surface area contributed by atoms with Crippen LogP contribution in [0.15, 0.2) is 48.8 Å². The lowest BCUT2D eigenvalue weighted by atomic mass is 10.1. The third-order valence-corrected chi connectivity index (χ3v) is 5.42. The lowest BCUT2D eigenvalue weighted by Gasteiger charge is -2.32. The summed E-state index contributed by atoms with van der Waals surface area (Å²) in [7, 11) is 4.02. The molecule has 5 nitrogen and oxygen atoms in total. The quantitative estimate of drug-likeness (QED) is 0.749. The van der Waals surface area contributed by atoms with Gasteiger partial charge in [0.25, 0.3) is 0 Å². The fraction of sp³-hybridized carbons (Fsp3) is 0.409. The molecule has 1 fully saturated rings. The van der Waals surface area contributed by atoms with Crippen LogP contribution in [0.3, 0.4) is 0 Å². The average Bonchev–Trinajstić information content (AvgIpc) is 3.09. The molecule has 142 valence electrons. The summed E-state index contributed by atoms with van der Waals surface area (Å²) < 4.78 is 8.50. The largest absolute Gasteiger partial charge is 0.373 e. The highest BCUT2D eigenvalue weighted by Crippen LogP contribution is 2.35. The number of benzene rings is 1. The molecule has 27 heavy (non-hydrogen) atoms. The maximum absolute atomic E-state index is 6.09. The number of hydrogen-bond acceptors (Lipinski definition) is 4. The van der Waals surface area contributed by atoms with Crippen molar-refractivity contribution in [3.05, 3.63) is 48.8 Å².